The summed E-state index contributed by atoms with van der Waals surface area (Å²) < 4.78 is 16.7. The maximum Gasteiger partial charge on any atom is 0.509 e. The Balaban J connectivity index is 2.10. The molecule has 0 aromatic carbocycles. The van der Waals surface area contributed by atoms with Crippen molar-refractivity contribution in [2.24, 2.45) is 5.92 Å². The minimum Gasteiger partial charge on any atom is -0.427 e. The molecule has 0 N–H and O–H groups in total. The standard InChI is InChI=1S/C14H24O4/c1-5-9(2)14(4)7-6-11-12(8-10(3)18-14)17-13(15)16-11/h9-12H,5-8H2,1-4H3. The Bertz CT molecular complexity index is 317. The maximum atomic E-state index is 11.2. The second-order valence-corrected chi connectivity index (χ2v) is 5.89. The highest BCUT2D eigenvalue weighted by Crippen LogP contribution is 2.37. The van der Waals surface area contributed by atoms with Crippen LogP contribution in [-0.4, -0.2) is 30.1 Å². The third-order valence-electron chi connectivity index (χ3n) is 4.52. The van der Waals surface area contributed by atoms with Gasteiger partial charge in [-0.05, 0) is 32.6 Å². The van der Waals surface area contributed by atoms with Gasteiger partial charge in [-0.2, -0.15) is 0 Å². The third kappa shape index (κ3) is 2.63. The van der Waals surface area contributed by atoms with Crippen molar-refractivity contribution in [3.8, 4) is 0 Å². The highest BCUT2D eigenvalue weighted by atomic mass is 16.8. The van der Waals surface area contributed by atoms with Crippen molar-refractivity contribution in [1.82, 2.24) is 0 Å². The van der Waals surface area contributed by atoms with Crippen molar-refractivity contribution in [2.75, 3.05) is 0 Å². The maximum absolute atomic E-state index is 11.2. The van der Waals surface area contributed by atoms with Crippen LogP contribution in [0, 0.1) is 5.92 Å². The number of carbonyl (C=O) groups excluding carboxylic acids is 1. The summed E-state index contributed by atoms with van der Waals surface area (Å²) in [6, 6.07) is 0. The molecule has 0 aliphatic carbocycles. The minimum absolute atomic E-state index is 0.0892. The summed E-state index contributed by atoms with van der Waals surface area (Å²) in [4.78, 5) is 11.2. The van der Waals surface area contributed by atoms with Crippen LogP contribution in [0.4, 0.5) is 4.79 Å². The van der Waals surface area contributed by atoms with Crippen molar-refractivity contribution in [3.63, 3.8) is 0 Å². The lowest BCUT2D eigenvalue weighted by Gasteiger charge is -2.40. The van der Waals surface area contributed by atoms with Gasteiger partial charge in [0.15, 0.2) is 0 Å². The first-order valence-corrected chi connectivity index (χ1v) is 6.99. The van der Waals surface area contributed by atoms with E-state index >= 15 is 0 Å². The quantitative estimate of drug-likeness (QED) is 0.711. The van der Waals surface area contributed by atoms with Crippen molar-refractivity contribution in [1.29, 1.82) is 0 Å². The molecule has 0 radical (unpaired) electrons. The second-order valence-electron chi connectivity index (χ2n) is 5.89. The molecular formula is C14H24O4. The molecule has 0 bridgehead atoms. The van der Waals surface area contributed by atoms with Crippen LogP contribution in [0.2, 0.25) is 0 Å². The van der Waals surface area contributed by atoms with Crippen LogP contribution in [0.5, 0.6) is 0 Å². The first kappa shape index (κ1) is 13.7. The van der Waals surface area contributed by atoms with E-state index in [9.17, 15) is 4.79 Å². The Morgan fingerprint density at radius 2 is 2.06 bits per heavy atom. The zero-order valence-electron chi connectivity index (χ0n) is 11.8. The molecule has 0 aromatic rings. The van der Waals surface area contributed by atoms with E-state index in [0.717, 1.165) is 25.7 Å². The van der Waals surface area contributed by atoms with Gasteiger partial charge >= 0.3 is 6.16 Å². The highest BCUT2D eigenvalue weighted by molar-refractivity contribution is 5.62. The molecule has 5 atom stereocenters. The number of rotatable bonds is 2. The average molecular weight is 256 g/mol. The van der Waals surface area contributed by atoms with Crippen LogP contribution in [0.15, 0.2) is 0 Å². The van der Waals surface area contributed by atoms with Gasteiger partial charge in [-0.25, -0.2) is 4.79 Å². The summed E-state index contributed by atoms with van der Waals surface area (Å²) in [6.45, 7) is 8.64. The van der Waals surface area contributed by atoms with Crippen molar-refractivity contribution < 1.29 is 19.0 Å². The van der Waals surface area contributed by atoms with Crippen LogP contribution in [0.3, 0.4) is 0 Å². The Hall–Kier alpha value is -0.770. The molecule has 2 rings (SSSR count). The molecule has 0 spiro atoms. The predicted octanol–water partition coefficient (Wildman–Crippen LogP) is 3.28. The fraction of sp³-hybridized carbons (Fsp3) is 0.929. The summed E-state index contributed by atoms with van der Waals surface area (Å²) in [7, 11) is 0. The Morgan fingerprint density at radius 3 is 2.72 bits per heavy atom. The molecular weight excluding hydrogens is 232 g/mol. The van der Waals surface area contributed by atoms with E-state index in [1.54, 1.807) is 0 Å². The molecule has 4 nitrogen and oxygen atoms in total. The highest BCUT2D eigenvalue weighted by Gasteiger charge is 2.43. The lowest BCUT2D eigenvalue weighted by molar-refractivity contribution is -0.137. The third-order valence-corrected chi connectivity index (χ3v) is 4.52. The monoisotopic (exact) mass is 256 g/mol. The van der Waals surface area contributed by atoms with Gasteiger partial charge in [-0.1, -0.05) is 20.3 Å². The smallest absolute Gasteiger partial charge is 0.427 e. The first-order chi connectivity index (χ1) is 8.44. The second kappa shape index (κ2) is 5.08. The molecule has 0 aromatic heterocycles. The van der Waals surface area contributed by atoms with Gasteiger partial charge in [0, 0.05) is 6.42 Å². The van der Waals surface area contributed by atoms with Crippen LogP contribution in [0.25, 0.3) is 0 Å². The lowest BCUT2D eigenvalue weighted by Crippen LogP contribution is -2.44. The van der Waals surface area contributed by atoms with Crippen LogP contribution in [-0.2, 0) is 14.2 Å². The summed E-state index contributed by atoms with van der Waals surface area (Å²) in [5.41, 5.74) is -0.131. The van der Waals surface area contributed by atoms with Crippen molar-refractivity contribution in [2.45, 2.75) is 77.3 Å². The van der Waals surface area contributed by atoms with Gasteiger partial charge in [-0.3, -0.25) is 0 Å². The largest absolute Gasteiger partial charge is 0.509 e. The molecule has 5 unspecified atom stereocenters. The van der Waals surface area contributed by atoms with E-state index in [2.05, 4.69) is 27.7 Å². The summed E-state index contributed by atoms with van der Waals surface area (Å²) in [5.74, 6) is 0.495. The fourth-order valence-corrected chi connectivity index (χ4v) is 2.99. The van der Waals surface area contributed by atoms with Crippen LogP contribution < -0.4 is 0 Å². The number of fused-ring (bicyclic) bond motifs is 1. The van der Waals surface area contributed by atoms with Crippen LogP contribution in [0.1, 0.15) is 53.4 Å². The average Bonchev–Trinajstić information content (AvgIpc) is 2.63. The van der Waals surface area contributed by atoms with E-state index in [0.29, 0.717) is 5.92 Å². The van der Waals surface area contributed by atoms with E-state index in [1.165, 1.54) is 0 Å². The van der Waals surface area contributed by atoms with E-state index in [1.807, 2.05) is 0 Å². The van der Waals surface area contributed by atoms with Gasteiger partial charge in [0.25, 0.3) is 0 Å². The van der Waals surface area contributed by atoms with Gasteiger partial charge < -0.3 is 14.2 Å². The zero-order chi connectivity index (χ0) is 13.3. The fourth-order valence-electron chi connectivity index (χ4n) is 2.99. The lowest BCUT2D eigenvalue weighted by atomic mass is 9.81. The summed E-state index contributed by atoms with van der Waals surface area (Å²) in [5, 5.41) is 0. The molecule has 0 saturated carbocycles. The van der Waals surface area contributed by atoms with Gasteiger partial charge in [0.05, 0.1) is 11.7 Å². The Kier molecular flexibility index (Phi) is 3.85. The predicted molar refractivity (Wildman–Crippen MR) is 67.4 cm³/mol. The SMILES string of the molecule is CCC(C)C1(C)CCC2OC(=O)OC2CC(C)O1. The zero-order valence-corrected chi connectivity index (χ0v) is 11.8. The van der Waals surface area contributed by atoms with Crippen molar-refractivity contribution >= 4 is 6.16 Å². The van der Waals surface area contributed by atoms with E-state index in [-0.39, 0.29) is 23.9 Å². The van der Waals surface area contributed by atoms with E-state index < -0.39 is 6.16 Å². The minimum atomic E-state index is -0.524. The molecule has 18 heavy (non-hydrogen) atoms. The number of ether oxygens (including phenoxy) is 3. The van der Waals surface area contributed by atoms with Gasteiger partial charge in [0.2, 0.25) is 0 Å². The molecule has 2 aliphatic rings. The van der Waals surface area contributed by atoms with Crippen LogP contribution >= 0.6 is 0 Å². The van der Waals surface area contributed by atoms with E-state index in [4.69, 9.17) is 14.2 Å². The van der Waals surface area contributed by atoms with Gasteiger partial charge in [0.1, 0.15) is 12.2 Å². The normalized spacial score (nSPS) is 42.2. The number of hydrogen-bond acceptors (Lipinski definition) is 4. The Morgan fingerprint density at radius 1 is 1.39 bits per heavy atom. The molecule has 0 amide bonds. The topological polar surface area (TPSA) is 44.8 Å². The molecule has 104 valence electrons. The van der Waals surface area contributed by atoms with Crippen molar-refractivity contribution in [3.05, 3.63) is 0 Å². The number of carbonyl (C=O) groups is 1. The first-order valence-electron chi connectivity index (χ1n) is 6.99. The van der Waals surface area contributed by atoms with Gasteiger partial charge in [-0.15, -0.1) is 0 Å². The Labute approximate surface area is 109 Å². The summed E-state index contributed by atoms with van der Waals surface area (Å²) in [6.07, 6.45) is 2.89. The molecule has 2 saturated heterocycles. The number of hydrogen-bond donors (Lipinski definition) is 0. The molecule has 2 fully saturated rings. The molecule has 2 heterocycles. The molecule has 2 aliphatic heterocycles. The molecule has 4 heteroatoms. The summed E-state index contributed by atoms with van der Waals surface area (Å²) >= 11 is 0.